The first-order valence-corrected chi connectivity index (χ1v) is 9.49. The molecule has 3 rings (SSSR count). The van der Waals surface area contributed by atoms with Crippen molar-refractivity contribution in [3.63, 3.8) is 0 Å². The standard InChI is InChI=1S/C16H21N7O3S/c1-3-27-16-21-13(17-7-9-25-2)11-10-19-23(14(11)22-16)8-6-18-15(24)12-4-5-20-26-12/h4-5,10H,3,6-9H2,1-2H3,(H,18,24)(H,17,21,22). The lowest BCUT2D eigenvalue weighted by Crippen LogP contribution is -2.27. The summed E-state index contributed by atoms with van der Waals surface area (Å²) >= 11 is 1.56. The summed E-state index contributed by atoms with van der Waals surface area (Å²) in [5.41, 5.74) is 0.717. The van der Waals surface area contributed by atoms with Crippen molar-refractivity contribution >= 4 is 34.5 Å². The van der Waals surface area contributed by atoms with E-state index in [2.05, 4.69) is 30.9 Å². The Morgan fingerprint density at radius 1 is 1.37 bits per heavy atom. The fourth-order valence-corrected chi connectivity index (χ4v) is 2.96. The molecule has 11 heteroatoms. The number of carbonyl (C=O) groups is 1. The average Bonchev–Trinajstić information content (AvgIpc) is 3.33. The molecule has 1 amide bonds. The minimum absolute atomic E-state index is 0.175. The van der Waals surface area contributed by atoms with Crippen molar-refractivity contribution in [1.29, 1.82) is 0 Å². The van der Waals surface area contributed by atoms with Crippen molar-refractivity contribution < 1.29 is 14.1 Å². The molecule has 0 saturated heterocycles. The fourth-order valence-electron chi connectivity index (χ4n) is 2.39. The summed E-state index contributed by atoms with van der Waals surface area (Å²) in [4.78, 5) is 21.1. The van der Waals surface area contributed by atoms with Crippen LogP contribution < -0.4 is 10.6 Å². The van der Waals surface area contributed by atoms with E-state index in [0.717, 1.165) is 22.6 Å². The van der Waals surface area contributed by atoms with Crippen LogP contribution in [0, 0.1) is 0 Å². The van der Waals surface area contributed by atoms with E-state index in [4.69, 9.17) is 9.26 Å². The van der Waals surface area contributed by atoms with E-state index in [9.17, 15) is 4.79 Å². The zero-order valence-electron chi connectivity index (χ0n) is 15.1. The zero-order valence-corrected chi connectivity index (χ0v) is 16.0. The summed E-state index contributed by atoms with van der Waals surface area (Å²) in [6, 6.07) is 1.51. The Morgan fingerprint density at radius 2 is 2.26 bits per heavy atom. The van der Waals surface area contributed by atoms with Crippen LogP contribution in [-0.2, 0) is 11.3 Å². The summed E-state index contributed by atoms with van der Waals surface area (Å²) in [7, 11) is 1.65. The summed E-state index contributed by atoms with van der Waals surface area (Å²) in [5, 5.41) is 15.4. The maximum atomic E-state index is 11.9. The lowest BCUT2D eigenvalue weighted by atomic mass is 10.4. The van der Waals surface area contributed by atoms with Crippen LogP contribution >= 0.6 is 11.8 Å². The van der Waals surface area contributed by atoms with E-state index in [-0.39, 0.29) is 11.7 Å². The number of aromatic nitrogens is 5. The summed E-state index contributed by atoms with van der Waals surface area (Å²) < 4.78 is 11.7. The molecule has 27 heavy (non-hydrogen) atoms. The first kappa shape index (κ1) is 19.1. The Labute approximate surface area is 160 Å². The second-order valence-electron chi connectivity index (χ2n) is 5.44. The van der Waals surface area contributed by atoms with Crippen molar-refractivity contribution in [3.05, 3.63) is 24.2 Å². The molecule has 10 nitrogen and oxygen atoms in total. The van der Waals surface area contributed by atoms with Crippen LogP contribution in [0.2, 0.25) is 0 Å². The van der Waals surface area contributed by atoms with E-state index in [0.29, 0.717) is 31.4 Å². The van der Waals surface area contributed by atoms with Gasteiger partial charge in [0.05, 0.1) is 30.9 Å². The van der Waals surface area contributed by atoms with Gasteiger partial charge in [0.15, 0.2) is 10.8 Å². The predicted molar refractivity (Wildman–Crippen MR) is 101 cm³/mol. The predicted octanol–water partition coefficient (Wildman–Crippen LogP) is 1.41. The minimum atomic E-state index is -0.317. The smallest absolute Gasteiger partial charge is 0.289 e. The van der Waals surface area contributed by atoms with Gasteiger partial charge >= 0.3 is 0 Å². The van der Waals surface area contributed by atoms with Gasteiger partial charge in [-0.15, -0.1) is 0 Å². The van der Waals surface area contributed by atoms with Gasteiger partial charge in [0.2, 0.25) is 5.76 Å². The number of anilines is 1. The first-order valence-electron chi connectivity index (χ1n) is 8.51. The van der Waals surface area contributed by atoms with E-state index in [1.165, 1.54) is 12.3 Å². The molecular weight excluding hydrogens is 370 g/mol. The molecule has 0 radical (unpaired) electrons. The third-order valence-corrected chi connectivity index (χ3v) is 4.35. The molecule has 0 aromatic carbocycles. The molecule has 2 N–H and O–H groups in total. The van der Waals surface area contributed by atoms with Crippen LogP contribution in [-0.4, -0.2) is 63.4 Å². The molecule has 3 heterocycles. The molecule has 0 aliphatic heterocycles. The van der Waals surface area contributed by atoms with Gasteiger partial charge in [-0.2, -0.15) is 5.10 Å². The second-order valence-corrected chi connectivity index (χ2v) is 6.68. The molecule has 0 atom stereocenters. The Hall–Kier alpha value is -2.66. The molecule has 0 aliphatic rings. The Bertz CT molecular complexity index is 882. The zero-order chi connectivity index (χ0) is 19.1. The maximum absolute atomic E-state index is 11.9. The van der Waals surface area contributed by atoms with Crippen LogP contribution in [0.25, 0.3) is 11.0 Å². The molecule has 0 fully saturated rings. The van der Waals surface area contributed by atoms with E-state index in [1.807, 2.05) is 6.92 Å². The highest BCUT2D eigenvalue weighted by Gasteiger charge is 2.14. The quantitative estimate of drug-likeness (QED) is 0.300. The number of nitrogens with zero attached hydrogens (tertiary/aromatic N) is 5. The molecule has 0 aliphatic carbocycles. The van der Waals surface area contributed by atoms with Crippen molar-refractivity contribution in [2.24, 2.45) is 0 Å². The average molecular weight is 391 g/mol. The number of hydrogen-bond acceptors (Lipinski definition) is 9. The molecule has 3 aromatic heterocycles. The summed E-state index contributed by atoms with van der Waals surface area (Å²) in [5.74, 6) is 1.45. The van der Waals surface area contributed by atoms with Gasteiger partial charge < -0.3 is 19.9 Å². The Balaban J connectivity index is 1.73. The number of hydrogen-bond donors (Lipinski definition) is 2. The molecule has 0 saturated carbocycles. The maximum Gasteiger partial charge on any atom is 0.289 e. The Morgan fingerprint density at radius 3 is 3.00 bits per heavy atom. The highest BCUT2D eigenvalue weighted by atomic mass is 32.2. The summed E-state index contributed by atoms with van der Waals surface area (Å²) in [6.07, 6.45) is 3.15. The van der Waals surface area contributed by atoms with Gasteiger partial charge in [-0.3, -0.25) is 4.79 Å². The van der Waals surface area contributed by atoms with E-state index >= 15 is 0 Å². The normalized spacial score (nSPS) is 11.0. The van der Waals surface area contributed by atoms with Gasteiger partial charge in [0, 0.05) is 26.3 Å². The highest BCUT2D eigenvalue weighted by Crippen LogP contribution is 2.24. The van der Waals surface area contributed by atoms with Crippen LogP contribution in [0.3, 0.4) is 0 Å². The van der Waals surface area contributed by atoms with Crippen LogP contribution in [0.1, 0.15) is 17.5 Å². The van der Waals surface area contributed by atoms with Crippen LogP contribution in [0.4, 0.5) is 5.82 Å². The fraction of sp³-hybridized carbons (Fsp3) is 0.438. The van der Waals surface area contributed by atoms with Crippen molar-refractivity contribution in [2.45, 2.75) is 18.6 Å². The van der Waals surface area contributed by atoms with Crippen LogP contribution in [0.15, 0.2) is 28.1 Å². The van der Waals surface area contributed by atoms with Crippen molar-refractivity contribution in [1.82, 2.24) is 30.2 Å². The molecule has 144 valence electrons. The minimum Gasteiger partial charge on any atom is -0.383 e. The van der Waals surface area contributed by atoms with Crippen molar-refractivity contribution in [2.75, 3.05) is 37.9 Å². The lowest BCUT2D eigenvalue weighted by molar-refractivity contribution is 0.0915. The van der Waals surface area contributed by atoms with E-state index < -0.39 is 0 Å². The Kier molecular flexibility index (Phi) is 6.60. The molecule has 3 aromatic rings. The SMILES string of the molecule is CCSc1nc(NCCOC)c2cnn(CCNC(=O)c3ccno3)c2n1. The molecule has 0 spiro atoms. The van der Waals surface area contributed by atoms with Gasteiger partial charge in [0.1, 0.15) is 5.82 Å². The first-order chi connectivity index (χ1) is 13.2. The molecule has 0 unspecified atom stereocenters. The largest absolute Gasteiger partial charge is 0.383 e. The summed E-state index contributed by atoms with van der Waals surface area (Å²) in [6.45, 7) is 4.10. The topological polar surface area (TPSA) is 120 Å². The van der Waals surface area contributed by atoms with Crippen molar-refractivity contribution in [3.8, 4) is 0 Å². The van der Waals surface area contributed by atoms with Gasteiger partial charge in [-0.25, -0.2) is 14.6 Å². The molecular formula is C16H21N7O3S. The third kappa shape index (κ3) is 4.74. The van der Waals surface area contributed by atoms with Crippen LogP contribution in [0.5, 0.6) is 0 Å². The third-order valence-electron chi connectivity index (χ3n) is 3.62. The number of carbonyl (C=O) groups excluding carboxylic acids is 1. The number of nitrogens with one attached hydrogen (secondary N) is 2. The second kappa shape index (κ2) is 9.33. The van der Waals surface area contributed by atoms with Gasteiger partial charge in [0.25, 0.3) is 5.91 Å². The lowest BCUT2D eigenvalue weighted by Gasteiger charge is -2.09. The molecule has 0 bridgehead atoms. The number of thioether (sulfide) groups is 1. The number of ether oxygens (including phenoxy) is 1. The number of amides is 1. The van der Waals surface area contributed by atoms with Gasteiger partial charge in [-0.1, -0.05) is 23.8 Å². The monoisotopic (exact) mass is 391 g/mol. The number of fused-ring (bicyclic) bond motifs is 1. The number of rotatable bonds is 10. The number of methoxy groups -OCH3 is 1. The van der Waals surface area contributed by atoms with E-state index in [1.54, 1.807) is 29.8 Å². The van der Waals surface area contributed by atoms with Gasteiger partial charge in [-0.05, 0) is 5.75 Å². The highest BCUT2D eigenvalue weighted by molar-refractivity contribution is 7.99.